The van der Waals surface area contributed by atoms with Gasteiger partial charge in [0.05, 0.1) is 50.3 Å². The van der Waals surface area contributed by atoms with Crippen LogP contribution in [0.2, 0.25) is 0 Å². The fourth-order valence-electron chi connectivity index (χ4n) is 4.57. The van der Waals surface area contributed by atoms with Crippen molar-refractivity contribution in [2.24, 2.45) is 0 Å². The molecule has 4 N–H and O–H groups in total. The first-order chi connectivity index (χ1) is 19.4. The molecule has 0 bridgehead atoms. The first-order valence-electron chi connectivity index (χ1n) is 12.2. The van der Waals surface area contributed by atoms with Crippen LogP contribution in [0.5, 0.6) is 0 Å². The molecule has 1 saturated heterocycles. The summed E-state index contributed by atoms with van der Waals surface area (Å²) in [4.78, 5) is 22.2. The first kappa shape index (κ1) is 31.0. The van der Waals surface area contributed by atoms with Crippen molar-refractivity contribution in [2.75, 3.05) is 20.5 Å². The highest BCUT2D eigenvalue weighted by atomic mass is 32.2. The maximum absolute atomic E-state index is 14.0. The third kappa shape index (κ3) is 6.11. The van der Waals surface area contributed by atoms with Gasteiger partial charge in [-0.3, -0.25) is 9.03 Å². The molecule has 3 aromatic rings. The van der Waals surface area contributed by atoms with Crippen LogP contribution in [0.3, 0.4) is 0 Å². The molecule has 0 amide bonds. The fraction of sp³-hybridized carbons (Fsp3) is 0.231. The van der Waals surface area contributed by atoms with Gasteiger partial charge in [-0.2, -0.15) is 0 Å². The van der Waals surface area contributed by atoms with Gasteiger partial charge in [0.25, 0.3) is 20.0 Å². The zero-order valence-electron chi connectivity index (χ0n) is 22.1. The van der Waals surface area contributed by atoms with Gasteiger partial charge in [-0.25, -0.2) is 34.8 Å². The smallest absolute Gasteiger partial charge is 0.335 e. The molecule has 13 nitrogen and oxygen atoms in total. The molecule has 0 aliphatic carbocycles. The van der Waals surface area contributed by atoms with Crippen molar-refractivity contribution < 1.29 is 50.2 Å². The van der Waals surface area contributed by atoms with Crippen LogP contribution >= 0.6 is 0 Å². The largest absolute Gasteiger partial charge is 0.478 e. The van der Waals surface area contributed by atoms with Crippen molar-refractivity contribution in [1.82, 2.24) is 0 Å². The van der Waals surface area contributed by atoms with Crippen LogP contribution in [0.1, 0.15) is 31.8 Å². The minimum atomic E-state index is -4.67. The highest BCUT2D eigenvalue weighted by Gasteiger charge is 2.45. The lowest BCUT2D eigenvalue weighted by Crippen LogP contribution is -2.47. The van der Waals surface area contributed by atoms with Crippen LogP contribution in [0.25, 0.3) is 0 Å². The number of anilines is 2. The van der Waals surface area contributed by atoms with E-state index in [-0.39, 0.29) is 38.5 Å². The van der Waals surface area contributed by atoms with E-state index in [9.17, 15) is 50.2 Å². The number of hydrogen-bond acceptors (Lipinski definition) is 9. The zero-order chi connectivity index (χ0) is 31.2. The fourth-order valence-corrected chi connectivity index (χ4v) is 9.70. The van der Waals surface area contributed by atoms with Crippen molar-refractivity contribution in [1.29, 1.82) is 0 Å². The number of aliphatic hydroxyl groups excluding tert-OH is 1. The minimum Gasteiger partial charge on any atom is -0.478 e. The van der Waals surface area contributed by atoms with E-state index in [4.69, 9.17) is 0 Å². The average Bonchev–Trinajstić information content (AvgIpc) is 3.16. The van der Waals surface area contributed by atoms with E-state index >= 15 is 0 Å². The van der Waals surface area contributed by atoms with Crippen molar-refractivity contribution in [2.45, 2.75) is 35.8 Å². The summed E-state index contributed by atoms with van der Waals surface area (Å²) >= 11 is 0. The van der Waals surface area contributed by atoms with Gasteiger partial charge in [0.15, 0.2) is 9.84 Å². The van der Waals surface area contributed by atoms with Crippen molar-refractivity contribution >= 4 is 53.2 Å². The van der Waals surface area contributed by atoms with Crippen LogP contribution < -0.4 is 9.03 Å². The summed E-state index contributed by atoms with van der Waals surface area (Å²) < 4.78 is 81.7. The second-order valence-electron chi connectivity index (χ2n) is 9.74. The van der Waals surface area contributed by atoms with Crippen LogP contribution in [0.15, 0.2) is 70.5 Å². The predicted molar refractivity (Wildman–Crippen MR) is 152 cm³/mol. The van der Waals surface area contributed by atoms with Gasteiger partial charge in [0.1, 0.15) is 0 Å². The van der Waals surface area contributed by atoms with Gasteiger partial charge in [0.2, 0.25) is 0 Å². The highest BCUT2D eigenvalue weighted by molar-refractivity contribution is 7.93. The Morgan fingerprint density at radius 1 is 0.810 bits per heavy atom. The summed E-state index contributed by atoms with van der Waals surface area (Å²) in [5, 5.41) is 29.2. The molecule has 0 radical (unpaired) electrons. The summed E-state index contributed by atoms with van der Waals surface area (Å²) in [6, 6.07) is 10.4. The molecular weight excluding hydrogens is 612 g/mol. The average molecular weight is 639 g/mol. The summed E-state index contributed by atoms with van der Waals surface area (Å²) in [6.45, 7) is 2.91. The third-order valence-corrected chi connectivity index (χ3v) is 11.9. The number of benzene rings is 3. The van der Waals surface area contributed by atoms with Crippen molar-refractivity contribution in [3.05, 3.63) is 82.9 Å². The number of aryl methyl sites for hydroxylation is 2. The Morgan fingerprint density at radius 3 is 1.79 bits per heavy atom. The SMILES string of the molecule is Cc1ccc(C(=O)O)cc1S(=O)(=O)Nc1ccc(N([C@@H]2CS(=O)(=O)C[C@@H]2O)S(=O)(=O)c2cc(C(=O)O)ccc2C)cc1. The van der Waals surface area contributed by atoms with Gasteiger partial charge in [0, 0.05) is 5.69 Å². The van der Waals surface area contributed by atoms with Crippen molar-refractivity contribution in [3.63, 3.8) is 0 Å². The Labute approximate surface area is 242 Å². The second kappa shape index (κ2) is 11.0. The van der Waals surface area contributed by atoms with E-state index in [1.807, 2.05) is 0 Å². The molecule has 0 aromatic heterocycles. The molecule has 42 heavy (non-hydrogen) atoms. The van der Waals surface area contributed by atoms with Crippen LogP contribution in [0, 0.1) is 13.8 Å². The Balaban J connectivity index is 1.77. The number of hydrogen-bond donors (Lipinski definition) is 4. The lowest BCUT2D eigenvalue weighted by Gasteiger charge is -2.32. The van der Waals surface area contributed by atoms with Gasteiger partial charge in [-0.15, -0.1) is 0 Å². The maximum atomic E-state index is 14.0. The van der Waals surface area contributed by atoms with Gasteiger partial charge >= 0.3 is 11.9 Å². The summed E-state index contributed by atoms with van der Waals surface area (Å²) in [7, 11) is -12.8. The van der Waals surface area contributed by atoms with E-state index in [0.29, 0.717) is 4.31 Å². The number of aliphatic hydroxyl groups is 1. The summed E-state index contributed by atoms with van der Waals surface area (Å²) in [5.41, 5.74) is -0.279. The van der Waals surface area contributed by atoms with Gasteiger partial charge in [-0.1, -0.05) is 12.1 Å². The maximum Gasteiger partial charge on any atom is 0.335 e. The Morgan fingerprint density at radius 2 is 1.31 bits per heavy atom. The number of nitrogens with zero attached hydrogens (tertiary/aromatic N) is 1. The highest BCUT2D eigenvalue weighted by Crippen LogP contribution is 2.34. The molecule has 3 aromatic carbocycles. The molecule has 2 atom stereocenters. The van der Waals surface area contributed by atoms with Crippen LogP contribution in [-0.4, -0.2) is 76.2 Å². The van der Waals surface area contributed by atoms with Gasteiger partial charge in [-0.05, 0) is 73.5 Å². The molecule has 0 unspecified atom stereocenters. The predicted octanol–water partition coefficient (Wildman–Crippen LogP) is 1.85. The lowest BCUT2D eigenvalue weighted by molar-refractivity contribution is 0.0685. The summed E-state index contributed by atoms with van der Waals surface area (Å²) in [5.74, 6) is -4.11. The standard InChI is InChI=1S/C26H26N2O11S3/c1-15-3-5-17(25(30)31)11-23(15)41(36,37)27-19-7-9-20(10-8-19)28(21-13-40(34,35)14-22(21)29)42(38,39)24-12-18(26(32)33)6-4-16(24)2/h3-12,21-22,27,29H,13-14H2,1-2H3,(H,30,31)(H,32,33)/t21-,22+/m1/s1. The minimum absolute atomic E-state index is 0.0279. The first-order valence-corrected chi connectivity index (χ1v) is 16.9. The topological polar surface area (TPSA) is 213 Å². The molecule has 4 rings (SSSR count). The van der Waals surface area contributed by atoms with E-state index in [0.717, 1.165) is 12.1 Å². The number of rotatable bonds is 9. The Bertz CT molecular complexity index is 1900. The molecule has 16 heteroatoms. The van der Waals surface area contributed by atoms with Crippen LogP contribution in [-0.2, 0) is 29.9 Å². The number of carboxylic acids is 2. The van der Waals surface area contributed by atoms with E-state index in [1.54, 1.807) is 0 Å². The quantitative estimate of drug-likeness (QED) is 0.265. The van der Waals surface area contributed by atoms with E-state index < -0.39 is 70.4 Å². The number of nitrogens with one attached hydrogen (secondary N) is 1. The molecule has 1 fully saturated rings. The third-order valence-electron chi connectivity index (χ3n) is 6.67. The Hall–Kier alpha value is -3.99. The molecule has 0 spiro atoms. The molecule has 224 valence electrons. The normalized spacial score (nSPS) is 18.4. The molecule has 1 heterocycles. The van der Waals surface area contributed by atoms with Crippen molar-refractivity contribution in [3.8, 4) is 0 Å². The zero-order valence-corrected chi connectivity index (χ0v) is 24.6. The van der Waals surface area contributed by atoms with E-state index in [2.05, 4.69) is 4.72 Å². The number of sulfone groups is 1. The second-order valence-corrected chi connectivity index (χ2v) is 15.3. The molecule has 1 aliphatic rings. The number of aromatic carboxylic acids is 2. The monoisotopic (exact) mass is 638 g/mol. The lowest BCUT2D eigenvalue weighted by atomic mass is 10.1. The number of sulfonamides is 2. The van der Waals surface area contributed by atoms with Gasteiger partial charge < -0.3 is 15.3 Å². The number of carboxylic acid groups (broad SMARTS) is 2. The summed E-state index contributed by atoms with van der Waals surface area (Å²) in [6.07, 6.45) is -1.60. The molecular formula is C26H26N2O11S3. The Kier molecular flexibility index (Phi) is 8.12. The molecule has 0 saturated carbocycles. The number of carbonyl (C=O) groups is 2. The molecule has 1 aliphatic heterocycles. The van der Waals surface area contributed by atoms with E-state index in [1.165, 1.54) is 62.4 Å². The van der Waals surface area contributed by atoms with Crippen LogP contribution in [0.4, 0.5) is 11.4 Å².